The van der Waals surface area contributed by atoms with Crippen LogP contribution in [0.5, 0.6) is 11.5 Å². The van der Waals surface area contributed by atoms with Gasteiger partial charge < -0.3 is 9.47 Å². The molecule has 0 N–H and O–H groups in total. The predicted octanol–water partition coefficient (Wildman–Crippen LogP) is 5.91. The number of benzene rings is 2. The molecule has 0 bridgehead atoms. The van der Waals surface area contributed by atoms with E-state index in [4.69, 9.17) is 15.9 Å². The SMILES string of the molecule is C#CC(OC(=O)C1C(C)(C)C12CCCC2)c1cccc(Oc2ccccc2)c1. The summed E-state index contributed by atoms with van der Waals surface area (Å²) in [5, 5.41) is 0. The van der Waals surface area contributed by atoms with Crippen LogP contribution in [0, 0.1) is 29.1 Å². The van der Waals surface area contributed by atoms with E-state index in [0.717, 1.165) is 24.2 Å². The Kier molecular flexibility index (Phi) is 4.67. The Balaban J connectivity index is 1.48. The molecule has 0 amide bonds. The van der Waals surface area contributed by atoms with Crippen LogP contribution in [0.1, 0.15) is 51.2 Å². The number of carbonyl (C=O) groups is 1. The summed E-state index contributed by atoms with van der Waals surface area (Å²) in [7, 11) is 0. The van der Waals surface area contributed by atoms with Crippen molar-refractivity contribution >= 4 is 5.97 Å². The lowest BCUT2D eigenvalue weighted by Gasteiger charge is -2.15. The van der Waals surface area contributed by atoms with Crippen LogP contribution in [0.4, 0.5) is 0 Å². The summed E-state index contributed by atoms with van der Waals surface area (Å²) in [5.41, 5.74) is 0.864. The van der Waals surface area contributed by atoms with Gasteiger partial charge in [-0.05, 0) is 47.9 Å². The van der Waals surface area contributed by atoms with Gasteiger partial charge in [-0.2, -0.15) is 0 Å². The molecule has 2 atom stereocenters. The number of ether oxygens (including phenoxy) is 2. The second-order valence-corrected chi connectivity index (χ2v) is 8.49. The highest BCUT2D eigenvalue weighted by Crippen LogP contribution is 2.76. The van der Waals surface area contributed by atoms with Gasteiger partial charge in [0.1, 0.15) is 11.5 Å². The van der Waals surface area contributed by atoms with Crippen molar-refractivity contribution in [3.8, 4) is 23.8 Å². The van der Waals surface area contributed by atoms with Gasteiger partial charge in [-0.3, -0.25) is 4.79 Å². The van der Waals surface area contributed by atoms with Gasteiger partial charge in [0.2, 0.25) is 0 Å². The number of hydrogen-bond acceptors (Lipinski definition) is 3. The normalized spacial score (nSPS) is 22.2. The highest BCUT2D eigenvalue weighted by atomic mass is 16.5. The maximum atomic E-state index is 13.0. The quantitative estimate of drug-likeness (QED) is 0.482. The molecule has 2 fully saturated rings. The van der Waals surface area contributed by atoms with E-state index >= 15 is 0 Å². The Bertz CT molecular complexity index is 901. The van der Waals surface area contributed by atoms with E-state index in [0.29, 0.717) is 5.75 Å². The minimum absolute atomic E-state index is 0.00198. The Morgan fingerprint density at radius 2 is 1.75 bits per heavy atom. The summed E-state index contributed by atoms with van der Waals surface area (Å²) in [6.45, 7) is 4.37. The van der Waals surface area contributed by atoms with Crippen molar-refractivity contribution in [2.45, 2.75) is 45.6 Å². The molecule has 1 spiro atoms. The molecule has 2 aliphatic carbocycles. The molecule has 2 aromatic carbocycles. The first kappa shape index (κ1) is 18.6. The standard InChI is InChI=1S/C25H26O3/c1-4-21(28-23(26)22-24(2,3)25(22)15-8-9-16-25)18-11-10-14-20(17-18)27-19-12-6-5-7-13-19/h1,5-7,10-14,17,21-22H,8-9,15-16H2,2-3H3. The summed E-state index contributed by atoms with van der Waals surface area (Å²) in [4.78, 5) is 13.0. The zero-order valence-corrected chi connectivity index (χ0v) is 16.5. The van der Waals surface area contributed by atoms with E-state index in [1.807, 2.05) is 54.6 Å². The van der Waals surface area contributed by atoms with Gasteiger partial charge in [0, 0.05) is 5.56 Å². The predicted molar refractivity (Wildman–Crippen MR) is 109 cm³/mol. The van der Waals surface area contributed by atoms with Gasteiger partial charge >= 0.3 is 5.97 Å². The Hall–Kier alpha value is -2.73. The van der Waals surface area contributed by atoms with Crippen molar-refractivity contribution in [2.24, 2.45) is 16.7 Å². The zero-order chi connectivity index (χ0) is 19.8. The van der Waals surface area contributed by atoms with Gasteiger partial charge in [0.15, 0.2) is 6.10 Å². The summed E-state index contributed by atoms with van der Waals surface area (Å²) >= 11 is 0. The Morgan fingerprint density at radius 1 is 1.07 bits per heavy atom. The van der Waals surface area contributed by atoms with Crippen LogP contribution in [0.25, 0.3) is 0 Å². The maximum absolute atomic E-state index is 13.0. The van der Waals surface area contributed by atoms with E-state index in [9.17, 15) is 4.79 Å². The molecule has 28 heavy (non-hydrogen) atoms. The second kappa shape index (κ2) is 7.02. The fourth-order valence-electron chi connectivity index (χ4n) is 5.15. The lowest BCUT2D eigenvalue weighted by atomic mass is 9.94. The molecule has 0 saturated heterocycles. The van der Waals surface area contributed by atoms with Gasteiger partial charge in [-0.1, -0.05) is 62.9 Å². The number of esters is 1. The van der Waals surface area contributed by atoms with Gasteiger partial charge in [-0.15, -0.1) is 6.42 Å². The maximum Gasteiger partial charge on any atom is 0.311 e. The van der Waals surface area contributed by atoms with Crippen molar-refractivity contribution in [3.05, 3.63) is 60.2 Å². The van der Waals surface area contributed by atoms with Crippen LogP contribution in [-0.4, -0.2) is 5.97 Å². The van der Waals surface area contributed by atoms with Gasteiger partial charge in [0.05, 0.1) is 5.92 Å². The third-order valence-corrected chi connectivity index (χ3v) is 6.73. The topological polar surface area (TPSA) is 35.5 Å². The first-order chi connectivity index (χ1) is 13.5. The molecule has 0 aromatic heterocycles. The summed E-state index contributed by atoms with van der Waals surface area (Å²) in [6, 6.07) is 17.0. The highest BCUT2D eigenvalue weighted by molar-refractivity contribution is 5.79. The monoisotopic (exact) mass is 374 g/mol. The number of para-hydroxylation sites is 1. The molecule has 2 unspecified atom stereocenters. The minimum atomic E-state index is -0.707. The lowest BCUT2D eigenvalue weighted by molar-refractivity contribution is -0.150. The van der Waals surface area contributed by atoms with Crippen molar-refractivity contribution < 1.29 is 14.3 Å². The van der Waals surface area contributed by atoms with Crippen LogP contribution in [0.2, 0.25) is 0 Å². The third kappa shape index (κ3) is 3.07. The number of rotatable bonds is 5. The molecule has 0 aliphatic heterocycles. The van der Waals surface area contributed by atoms with E-state index < -0.39 is 6.10 Å². The van der Waals surface area contributed by atoms with E-state index in [1.165, 1.54) is 12.8 Å². The molecule has 2 aliphatic rings. The smallest absolute Gasteiger partial charge is 0.311 e. The number of hydrogen-bond donors (Lipinski definition) is 0. The zero-order valence-electron chi connectivity index (χ0n) is 16.5. The third-order valence-electron chi connectivity index (χ3n) is 6.73. The van der Waals surface area contributed by atoms with Crippen LogP contribution < -0.4 is 4.74 Å². The Labute approximate surface area is 167 Å². The largest absolute Gasteiger partial charge is 0.457 e. The summed E-state index contributed by atoms with van der Waals surface area (Å²) < 4.78 is 11.7. The van der Waals surface area contributed by atoms with Crippen molar-refractivity contribution in [1.29, 1.82) is 0 Å². The first-order valence-corrected chi connectivity index (χ1v) is 9.97. The molecule has 0 radical (unpaired) electrons. The van der Waals surface area contributed by atoms with Crippen molar-refractivity contribution in [1.82, 2.24) is 0 Å². The minimum Gasteiger partial charge on any atom is -0.457 e. The lowest BCUT2D eigenvalue weighted by Crippen LogP contribution is -2.15. The number of carbonyl (C=O) groups excluding carboxylic acids is 1. The van der Waals surface area contributed by atoms with E-state index in [2.05, 4.69) is 19.8 Å². The molecule has 4 rings (SSSR count). The Morgan fingerprint density at radius 3 is 2.43 bits per heavy atom. The second-order valence-electron chi connectivity index (χ2n) is 8.49. The average molecular weight is 374 g/mol. The fraction of sp³-hybridized carbons (Fsp3) is 0.400. The van der Waals surface area contributed by atoms with Crippen LogP contribution >= 0.6 is 0 Å². The molecule has 3 nitrogen and oxygen atoms in total. The average Bonchev–Trinajstić information content (AvgIpc) is 3.00. The van der Waals surface area contributed by atoms with Crippen molar-refractivity contribution in [3.63, 3.8) is 0 Å². The van der Waals surface area contributed by atoms with Crippen molar-refractivity contribution in [2.75, 3.05) is 0 Å². The first-order valence-electron chi connectivity index (χ1n) is 9.97. The highest BCUT2D eigenvalue weighted by Gasteiger charge is 2.74. The molecule has 3 heteroatoms. The molecule has 0 heterocycles. The van der Waals surface area contributed by atoms with E-state index in [1.54, 1.807) is 0 Å². The van der Waals surface area contributed by atoms with Crippen LogP contribution in [0.3, 0.4) is 0 Å². The van der Waals surface area contributed by atoms with Crippen LogP contribution in [-0.2, 0) is 9.53 Å². The van der Waals surface area contributed by atoms with Crippen LogP contribution in [0.15, 0.2) is 54.6 Å². The molecule has 2 aromatic rings. The number of terminal acetylenes is 1. The molecular weight excluding hydrogens is 348 g/mol. The van der Waals surface area contributed by atoms with E-state index in [-0.39, 0.29) is 22.7 Å². The summed E-state index contributed by atoms with van der Waals surface area (Å²) in [6.07, 6.45) is 9.64. The molecular formula is C25H26O3. The summed E-state index contributed by atoms with van der Waals surface area (Å²) in [5.74, 6) is 3.83. The molecule has 144 valence electrons. The van der Waals surface area contributed by atoms with Gasteiger partial charge in [-0.25, -0.2) is 0 Å². The molecule has 2 saturated carbocycles. The fourth-order valence-corrected chi connectivity index (χ4v) is 5.15. The van der Waals surface area contributed by atoms with Gasteiger partial charge in [0.25, 0.3) is 0 Å².